The minimum absolute atomic E-state index is 0.0209. The first-order valence-electron chi connectivity index (χ1n) is 6.28. The standard InChI is InChI=1S/C12H19N3O3S/c1-3-5-6-15(4-2)12(18)13-7-10-14-9(8-19-10)11(16)17/h8H,3-7H2,1-2H3,(H,13,18)(H,16,17). The van der Waals surface area contributed by atoms with Crippen LogP contribution in [0.5, 0.6) is 0 Å². The molecule has 0 aliphatic rings. The third kappa shape index (κ3) is 4.86. The molecule has 0 saturated heterocycles. The topological polar surface area (TPSA) is 82.5 Å². The Morgan fingerprint density at radius 2 is 2.21 bits per heavy atom. The van der Waals surface area contributed by atoms with Crippen LogP contribution in [0.1, 0.15) is 42.2 Å². The summed E-state index contributed by atoms with van der Waals surface area (Å²) in [7, 11) is 0. The lowest BCUT2D eigenvalue weighted by atomic mass is 10.3. The first-order chi connectivity index (χ1) is 9.08. The molecule has 19 heavy (non-hydrogen) atoms. The van der Waals surface area contributed by atoms with Crippen molar-refractivity contribution >= 4 is 23.3 Å². The van der Waals surface area contributed by atoms with Crippen LogP contribution < -0.4 is 5.32 Å². The lowest BCUT2D eigenvalue weighted by Crippen LogP contribution is -2.40. The zero-order chi connectivity index (χ0) is 14.3. The van der Waals surface area contributed by atoms with E-state index in [-0.39, 0.29) is 18.3 Å². The second kappa shape index (κ2) is 7.73. The molecule has 0 aliphatic carbocycles. The van der Waals surface area contributed by atoms with E-state index in [1.807, 2.05) is 6.92 Å². The Bertz CT molecular complexity index is 434. The summed E-state index contributed by atoms with van der Waals surface area (Å²) in [4.78, 5) is 28.2. The van der Waals surface area contributed by atoms with Crippen LogP contribution in [-0.4, -0.2) is 40.1 Å². The van der Waals surface area contributed by atoms with Crippen molar-refractivity contribution in [1.82, 2.24) is 15.2 Å². The molecule has 2 amide bonds. The predicted molar refractivity (Wildman–Crippen MR) is 73.5 cm³/mol. The highest BCUT2D eigenvalue weighted by molar-refractivity contribution is 7.09. The van der Waals surface area contributed by atoms with Crippen LogP contribution in [0.4, 0.5) is 4.79 Å². The Kier molecular flexibility index (Phi) is 6.27. The third-order valence-corrected chi connectivity index (χ3v) is 3.46. The van der Waals surface area contributed by atoms with Gasteiger partial charge in [0, 0.05) is 18.5 Å². The van der Waals surface area contributed by atoms with Gasteiger partial charge in [-0.2, -0.15) is 0 Å². The van der Waals surface area contributed by atoms with Crippen molar-refractivity contribution in [2.45, 2.75) is 33.2 Å². The minimum atomic E-state index is -1.05. The molecule has 0 radical (unpaired) electrons. The van der Waals surface area contributed by atoms with Crippen molar-refractivity contribution in [3.63, 3.8) is 0 Å². The van der Waals surface area contributed by atoms with E-state index in [1.54, 1.807) is 4.90 Å². The first kappa shape index (κ1) is 15.4. The number of rotatable bonds is 7. The van der Waals surface area contributed by atoms with Crippen molar-refractivity contribution in [2.75, 3.05) is 13.1 Å². The molecule has 0 aromatic carbocycles. The molecule has 0 bridgehead atoms. The maximum Gasteiger partial charge on any atom is 0.355 e. The highest BCUT2D eigenvalue weighted by atomic mass is 32.1. The number of hydrogen-bond acceptors (Lipinski definition) is 4. The number of nitrogens with one attached hydrogen (secondary N) is 1. The molecule has 0 atom stereocenters. The molecule has 0 saturated carbocycles. The van der Waals surface area contributed by atoms with Gasteiger partial charge in [-0.15, -0.1) is 11.3 Å². The lowest BCUT2D eigenvalue weighted by molar-refractivity contribution is 0.0691. The summed E-state index contributed by atoms with van der Waals surface area (Å²) in [5.74, 6) is -1.05. The molecule has 2 N–H and O–H groups in total. The number of amides is 2. The number of aromatic nitrogens is 1. The van der Waals surface area contributed by atoms with Crippen LogP contribution in [0.25, 0.3) is 0 Å². The summed E-state index contributed by atoms with van der Waals surface area (Å²) in [5.41, 5.74) is 0.0209. The fourth-order valence-electron chi connectivity index (χ4n) is 1.51. The maximum atomic E-state index is 11.9. The van der Waals surface area contributed by atoms with Gasteiger partial charge in [-0.1, -0.05) is 13.3 Å². The van der Waals surface area contributed by atoms with Gasteiger partial charge in [-0.25, -0.2) is 14.6 Å². The number of unbranched alkanes of at least 4 members (excludes halogenated alkanes) is 1. The van der Waals surface area contributed by atoms with E-state index in [0.29, 0.717) is 11.6 Å². The minimum Gasteiger partial charge on any atom is -0.476 e. The average Bonchev–Trinajstić information content (AvgIpc) is 2.86. The predicted octanol–water partition coefficient (Wildman–Crippen LogP) is 2.17. The van der Waals surface area contributed by atoms with Crippen molar-refractivity contribution in [2.24, 2.45) is 0 Å². The highest BCUT2D eigenvalue weighted by Gasteiger charge is 2.12. The van der Waals surface area contributed by atoms with E-state index >= 15 is 0 Å². The maximum absolute atomic E-state index is 11.9. The SMILES string of the molecule is CCCCN(CC)C(=O)NCc1nc(C(=O)O)cs1. The second-order valence-corrected chi connectivity index (χ2v) is 4.97. The number of hydrogen-bond donors (Lipinski definition) is 2. The second-order valence-electron chi connectivity index (χ2n) is 4.02. The summed E-state index contributed by atoms with van der Waals surface area (Å²) in [6.45, 7) is 5.66. The Hall–Kier alpha value is -1.63. The molecule has 1 rings (SSSR count). The lowest BCUT2D eigenvalue weighted by Gasteiger charge is -2.20. The van der Waals surface area contributed by atoms with Gasteiger partial charge in [0.2, 0.25) is 0 Å². The van der Waals surface area contributed by atoms with E-state index in [2.05, 4.69) is 17.2 Å². The molecule has 1 aromatic heterocycles. The Balaban J connectivity index is 2.45. The summed E-state index contributed by atoms with van der Waals surface area (Å²) in [6.07, 6.45) is 2.01. The van der Waals surface area contributed by atoms with E-state index in [4.69, 9.17) is 5.11 Å². The fraction of sp³-hybridized carbons (Fsp3) is 0.583. The van der Waals surface area contributed by atoms with E-state index in [1.165, 1.54) is 16.7 Å². The Labute approximate surface area is 116 Å². The van der Waals surface area contributed by atoms with Gasteiger partial charge in [0.25, 0.3) is 0 Å². The smallest absolute Gasteiger partial charge is 0.355 e. The van der Waals surface area contributed by atoms with Crippen molar-refractivity contribution in [3.05, 3.63) is 16.1 Å². The molecular weight excluding hydrogens is 266 g/mol. The Morgan fingerprint density at radius 1 is 1.47 bits per heavy atom. The molecule has 0 fully saturated rings. The normalized spacial score (nSPS) is 10.2. The number of carbonyl (C=O) groups excluding carboxylic acids is 1. The zero-order valence-corrected chi connectivity index (χ0v) is 12.0. The average molecular weight is 285 g/mol. The molecule has 1 aromatic rings. The van der Waals surface area contributed by atoms with Crippen molar-refractivity contribution < 1.29 is 14.7 Å². The quantitative estimate of drug-likeness (QED) is 0.804. The molecule has 0 spiro atoms. The highest BCUT2D eigenvalue weighted by Crippen LogP contribution is 2.09. The number of urea groups is 1. The number of carboxylic acid groups (broad SMARTS) is 1. The summed E-state index contributed by atoms with van der Waals surface area (Å²) < 4.78 is 0. The molecule has 7 heteroatoms. The number of thiazole rings is 1. The van der Waals surface area contributed by atoms with Crippen molar-refractivity contribution in [3.8, 4) is 0 Å². The first-order valence-corrected chi connectivity index (χ1v) is 7.16. The molecular formula is C12H19N3O3S. The van der Waals surface area contributed by atoms with Crippen LogP contribution in [0.15, 0.2) is 5.38 Å². The van der Waals surface area contributed by atoms with E-state index < -0.39 is 5.97 Å². The van der Waals surface area contributed by atoms with E-state index in [0.717, 1.165) is 19.4 Å². The van der Waals surface area contributed by atoms with Crippen LogP contribution in [-0.2, 0) is 6.54 Å². The molecule has 0 unspecified atom stereocenters. The third-order valence-electron chi connectivity index (χ3n) is 2.61. The number of aromatic carboxylic acids is 1. The van der Waals surface area contributed by atoms with Gasteiger partial charge in [-0.05, 0) is 13.3 Å². The van der Waals surface area contributed by atoms with Gasteiger partial charge in [0.1, 0.15) is 5.01 Å². The largest absolute Gasteiger partial charge is 0.476 e. The summed E-state index contributed by atoms with van der Waals surface area (Å²) in [6, 6.07) is -0.136. The van der Waals surface area contributed by atoms with Gasteiger partial charge in [0.05, 0.1) is 6.54 Å². The van der Waals surface area contributed by atoms with Crippen LogP contribution >= 0.6 is 11.3 Å². The molecule has 106 valence electrons. The van der Waals surface area contributed by atoms with Gasteiger partial charge < -0.3 is 15.3 Å². The zero-order valence-electron chi connectivity index (χ0n) is 11.2. The number of carbonyl (C=O) groups is 2. The monoisotopic (exact) mass is 285 g/mol. The van der Waals surface area contributed by atoms with Gasteiger partial charge in [-0.3, -0.25) is 0 Å². The fourth-order valence-corrected chi connectivity index (χ4v) is 2.21. The summed E-state index contributed by atoms with van der Waals surface area (Å²) >= 11 is 1.23. The Morgan fingerprint density at radius 3 is 2.74 bits per heavy atom. The molecule has 1 heterocycles. The molecule has 6 nitrogen and oxygen atoms in total. The van der Waals surface area contributed by atoms with Crippen molar-refractivity contribution in [1.29, 1.82) is 0 Å². The van der Waals surface area contributed by atoms with Crippen LogP contribution in [0, 0.1) is 0 Å². The van der Waals surface area contributed by atoms with Gasteiger partial charge in [0.15, 0.2) is 5.69 Å². The van der Waals surface area contributed by atoms with Crippen LogP contribution in [0.3, 0.4) is 0 Å². The van der Waals surface area contributed by atoms with Crippen LogP contribution in [0.2, 0.25) is 0 Å². The number of nitrogens with zero attached hydrogens (tertiary/aromatic N) is 2. The molecule has 0 aliphatic heterocycles. The number of carboxylic acids is 1. The summed E-state index contributed by atoms with van der Waals surface area (Å²) in [5, 5.41) is 13.6. The van der Waals surface area contributed by atoms with Gasteiger partial charge >= 0.3 is 12.0 Å². The van der Waals surface area contributed by atoms with E-state index in [9.17, 15) is 9.59 Å².